The van der Waals surface area contributed by atoms with E-state index in [1.54, 1.807) is 24.6 Å². The number of nitrogens with zero attached hydrogens (tertiary/aromatic N) is 4. The lowest BCUT2D eigenvalue weighted by Gasteiger charge is -2.42. The summed E-state index contributed by atoms with van der Waals surface area (Å²) in [5.41, 5.74) is 1.50. The minimum absolute atomic E-state index is 0.0434. The van der Waals surface area contributed by atoms with Crippen LogP contribution in [0, 0.1) is 6.92 Å². The molecule has 0 aliphatic carbocycles. The largest absolute Gasteiger partial charge is 0.383 e. The van der Waals surface area contributed by atoms with Crippen LogP contribution in [0.15, 0.2) is 23.7 Å². The number of amides is 1. The number of hydrogen-bond donors (Lipinski definition) is 0. The molecule has 4 heterocycles. The number of thiophene rings is 1. The van der Waals surface area contributed by atoms with E-state index in [-0.39, 0.29) is 11.8 Å². The number of aromatic nitrogens is 2. The van der Waals surface area contributed by atoms with Gasteiger partial charge in [-0.15, -0.1) is 11.3 Å². The lowest BCUT2D eigenvalue weighted by molar-refractivity contribution is -0.173. The Hall–Kier alpha value is -1.74. The summed E-state index contributed by atoms with van der Waals surface area (Å²) in [7, 11) is 3.60. The van der Waals surface area contributed by atoms with Crippen molar-refractivity contribution in [3.63, 3.8) is 0 Å². The van der Waals surface area contributed by atoms with Crippen LogP contribution in [-0.4, -0.2) is 77.6 Å². The SMILES string of the molecule is COCCN1CCO[C@]2(CN(Cc3sccc3C)C[C@@H]2c2ccnn2C)C1=O. The fourth-order valence-electron chi connectivity index (χ4n) is 4.41. The zero-order valence-electron chi connectivity index (χ0n) is 16.8. The molecule has 0 N–H and O–H groups in total. The summed E-state index contributed by atoms with van der Waals surface area (Å²) in [5.74, 6) is 0.0329. The maximum atomic E-state index is 13.6. The molecule has 0 bridgehead atoms. The number of rotatable bonds is 6. The second-order valence-electron chi connectivity index (χ2n) is 7.65. The summed E-state index contributed by atoms with van der Waals surface area (Å²) < 4.78 is 13.4. The number of hydrogen-bond acceptors (Lipinski definition) is 6. The van der Waals surface area contributed by atoms with Gasteiger partial charge in [-0.25, -0.2) is 0 Å². The Morgan fingerprint density at radius 2 is 2.29 bits per heavy atom. The number of carbonyl (C=O) groups is 1. The molecule has 2 aliphatic heterocycles. The van der Waals surface area contributed by atoms with Crippen molar-refractivity contribution in [2.75, 3.05) is 46.5 Å². The first-order chi connectivity index (χ1) is 13.5. The van der Waals surface area contributed by atoms with E-state index >= 15 is 0 Å². The van der Waals surface area contributed by atoms with E-state index in [1.807, 2.05) is 22.7 Å². The van der Waals surface area contributed by atoms with Crippen LogP contribution in [0.25, 0.3) is 0 Å². The molecule has 7 nitrogen and oxygen atoms in total. The van der Waals surface area contributed by atoms with Crippen molar-refractivity contribution in [3.8, 4) is 0 Å². The van der Waals surface area contributed by atoms with Gasteiger partial charge in [0.05, 0.1) is 19.1 Å². The van der Waals surface area contributed by atoms with E-state index in [1.165, 1.54) is 10.4 Å². The molecule has 0 aromatic carbocycles. The van der Waals surface area contributed by atoms with Crippen molar-refractivity contribution < 1.29 is 14.3 Å². The van der Waals surface area contributed by atoms with E-state index in [9.17, 15) is 4.79 Å². The van der Waals surface area contributed by atoms with Crippen LogP contribution in [0.5, 0.6) is 0 Å². The quantitative estimate of drug-likeness (QED) is 0.733. The van der Waals surface area contributed by atoms with E-state index < -0.39 is 5.60 Å². The molecule has 2 aromatic rings. The third-order valence-corrected chi connectivity index (χ3v) is 6.96. The summed E-state index contributed by atoms with van der Waals surface area (Å²) >= 11 is 1.77. The molecule has 0 radical (unpaired) electrons. The first kappa shape index (κ1) is 19.6. The van der Waals surface area contributed by atoms with Gasteiger partial charge in [0.15, 0.2) is 5.60 Å². The van der Waals surface area contributed by atoms with Gasteiger partial charge in [0, 0.05) is 63.6 Å². The van der Waals surface area contributed by atoms with Crippen LogP contribution in [0.3, 0.4) is 0 Å². The summed E-state index contributed by atoms with van der Waals surface area (Å²) in [6.45, 7) is 6.67. The molecule has 2 saturated heterocycles. The van der Waals surface area contributed by atoms with Crippen molar-refractivity contribution in [1.29, 1.82) is 0 Å². The summed E-state index contributed by atoms with van der Waals surface area (Å²) in [5, 5.41) is 6.48. The van der Waals surface area contributed by atoms with Gasteiger partial charge in [-0.2, -0.15) is 5.10 Å². The van der Waals surface area contributed by atoms with Gasteiger partial charge >= 0.3 is 0 Å². The first-order valence-electron chi connectivity index (χ1n) is 9.70. The lowest BCUT2D eigenvalue weighted by Crippen LogP contribution is -2.60. The van der Waals surface area contributed by atoms with E-state index in [0.29, 0.717) is 32.8 Å². The third-order valence-electron chi connectivity index (χ3n) is 5.95. The van der Waals surface area contributed by atoms with Gasteiger partial charge in [-0.1, -0.05) is 0 Å². The highest BCUT2D eigenvalue weighted by Gasteiger charge is 2.57. The average molecular weight is 405 g/mol. The standard InChI is InChI=1S/C20H28N4O3S/c1-15-5-11-28-18(15)13-23-12-16(17-4-6-21-22(17)2)20(14-23)19(25)24(7-9-26-3)8-10-27-20/h4-6,11,16H,7-10,12-14H2,1-3H3/t16-,20+/m1/s1. The Morgan fingerprint density at radius 3 is 2.96 bits per heavy atom. The lowest BCUT2D eigenvalue weighted by atomic mass is 9.85. The Bertz CT molecular complexity index is 835. The fraction of sp³-hybridized carbons (Fsp3) is 0.600. The van der Waals surface area contributed by atoms with Gasteiger partial charge in [-0.05, 0) is 30.0 Å². The topological polar surface area (TPSA) is 59.8 Å². The Balaban J connectivity index is 1.64. The third kappa shape index (κ3) is 3.39. The molecule has 1 spiro atoms. The normalized spacial score (nSPS) is 25.9. The van der Waals surface area contributed by atoms with Crippen LogP contribution in [0.2, 0.25) is 0 Å². The van der Waals surface area contributed by atoms with Gasteiger partial charge < -0.3 is 14.4 Å². The molecule has 2 fully saturated rings. The van der Waals surface area contributed by atoms with Crippen molar-refractivity contribution in [3.05, 3.63) is 39.8 Å². The predicted octanol–water partition coefficient (Wildman–Crippen LogP) is 1.63. The summed E-state index contributed by atoms with van der Waals surface area (Å²) in [6, 6.07) is 4.16. The molecule has 4 rings (SSSR count). The average Bonchev–Trinajstić information content (AvgIpc) is 3.37. The molecule has 0 unspecified atom stereocenters. The van der Waals surface area contributed by atoms with Crippen molar-refractivity contribution in [2.45, 2.75) is 25.0 Å². The molecule has 152 valence electrons. The number of carbonyl (C=O) groups excluding carboxylic acids is 1. The smallest absolute Gasteiger partial charge is 0.257 e. The van der Waals surface area contributed by atoms with E-state index in [4.69, 9.17) is 9.47 Å². The first-order valence-corrected chi connectivity index (χ1v) is 10.6. The zero-order valence-corrected chi connectivity index (χ0v) is 17.6. The molecule has 0 saturated carbocycles. The predicted molar refractivity (Wildman–Crippen MR) is 107 cm³/mol. The number of methoxy groups -OCH3 is 1. The maximum Gasteiger partial charge on any atom is 0.257 e. The second kappa shape index (κ2) is 7.94. The number of morpholine rings is 1. The van der Waals surface area contributed by atoms with Crippen LogP contribution < -0.4 is 0 Å². The summed E-state index contributed by atoms with van der Waals surface area (Å²) in [4.78, 5) is 19.2. The molecule has 2 aromatic heterocycles. The van der Waals surface area contributed by atoms with Crippen molar-refractivity contribution >= 4 is 17.2 Å². The number of ether oxygens (including phenoxy) is 2. The highest BCUT2D eigenvalue weighted by atomic mass is 32.1. The Morgan fingerprint density at radius 1 is 1.43 bits per heavy atom. The number of likely N-dealkylation sites (tertiary alicyclic amines) is 1. The molecular weight excluding hydrogens is 376 g/mol. The van der Waals surface area contributed by atoms with E-state index in [0.717, 1.165) is 18.8 Å². The molecular formula is C20H28N4O3S. The molecule has 8 heteroatoms. The van der Waals surface area contributed by atoms with Gasteiger partial charge in [-0.3, -0.25) is 14.4 Å². The van der Waals surface area contributed by atoms with Gasteiger partial charge in [0.1, 0.15) is 0 Å². The Kier molecular flexibility index (Phi) is 5.55. The van der Waals surface area contributed by atoms with Crippen molar-refractivity contribution in [1.82, 2.24) is 19.6 Å². The molecule has 2 atom stereocenters. The molecule has 1 amide bonds. The fourth-order valence-corrected chi connectivity index (χ4v) is 5.35. The zero-order chi connectivity index (χ0) is 19.7. The van der Waals surface area contributed by atoms with Crippen LogP contribution in [-0.2, 0) is 27.9 Å². The molecule has 2 aliphatic rings. The van der Waals surface area contributed by atoms with Crippen molar-refractivity contribution in [2.24, 2.45) is 7.05 Å². The van der Waals surface area contributed by atoms with E-state index in [2.05, 4.69) is 28.4 Å². The molecule has 28 heavy (non-hydrogen) atoms. The second-order valence-corrected chi connectivity index (χ2v) is 8.65. The van der Waals surface area contributed by atoms with Crippen LogP contribution >= 0.6 is 11.3 Å². The van der Waals surface area contributed by atoms with Gasteiger partial charge in [0.2, 0.25) is 0 Å². The maximum absolute atomic E-state index is 13.6. The number of aryl methyl sites for hydroxylation is 2. The minimum atomic E-state index is -0.856. The van der Waals surface area contributed by atoms with Crippen LogP contribution in [0.1, 0.15) is 22.1 Å². The highest BCUT2D eigenvalue weighted by Crippen LogP contribution is 2.42. The monoisotopic (exact) mass is 404 g/mol. The van der Waals surface area contributed by atoms with Gasteiger partial charge in [0.25, 0.3) is 5.91 Å². The van der Waals surface area contributed by atoms with Crippen LogP contribution in [0.4, 0.5) is 0 Å². The Labute approximate surface area is 169 Å². The highest BCUT2D eigenvalue weighted by molar-refractivity contribution is 7.10. The summed E-state index contributed by atoms with van der Waals surface area (Å²) in [6.07, 6.45) is 1.80. The minimum Gasteiger partial charge on any atom is -0.383 e.